The van der Waals surface area contributed by atoms with Crippen molar-refractivity contribution in [2.75, 3.05) is 39.3 Å². The van der Waals surface area contributed by atoms with E-state index in [0.717, 1.165) is 45.1 Å². The molecule has 1 rings (SSSR count). The van der Waals surface area contributed by atoms with Crippen molar-refractivity contribution in [3.8, 4) is 0 Å². The number of morpholine rings is 1. The van der Waals surface area contributed by atoms with E-state index in [-0.39, 0.29) is 0 Å². The zero-order valence-electron chi connectivity index (χ0n) is 11.2. The van der Waals surface area contributed by atoms with Gasteiger partial charge in [0.1, 0.15) is 0 Å². The third kappa shape index (κ3) is 5.83. The summed E-state index contributed by atoms with van der Waals surface area (Å²) in [5.74, 6) is 0.761. The highest BCUT2D eigenvalue weighted by Gasteiger charge is 2.20. The summed E-state index contributed by atoms with van der Waals surface area (Å²) < 4.78 is 5.79. The van der Waals surface area contributed by atoms with Gasteiger partial charge in [-0.15, -0.1) is 0 Å². The molecular weight excluding hydrogens is 200 g/mol. The highest BCUT2D eigenvalue weighted by molar-refractivity contribution is 4.73. The molecule has 1 N–H and O–H groups in total. The molecule has 0 aromatic heterocycles. The maximum Gasteiger partial charge on any atom is 0.0714 e. The number of hydrogen-bond acceptors (Lipinski definition) is 3. The van der Waals surface area contributed by atoms with Gasteiger partial charge in [0, 0.05) is 19.6 Å². The van der Waals surface area contributed by atoms with Crippen LogP contribution in [0.3, 0.4) is 0 Å². The third-order valence-corrected chi connectivity index (χ3v) is 2.92. The zero-order valence-corrected chi connectivity index (χ0v) is 11.2. The Hall–Kier alpha value is -0.120. The van der Waals surface area contributed by atoms with Gasteiger partial charge in [-0.05, 0) is 31.8 Å². The molecule has 1 fully saturated rings. The average molecular weight is 228 g/mol. The maximum atomic E-state index is 5.79. The van der Waals surface area contributed by atoms with Crippen molar-refractivity contribution in [1.82, 2.24) is 10.2 Å². The van der Waals surface area contributed by atoms with Crippen molar-refractivity contribution in [2.24, 2.45) is 5.92 Å². The van der Waals surface area contributed by atoms with Crippen LogP contribution in [-0.4, -0.2) is 50.3 Å². The van der Waals surface area contributed by atoms with E-state index in [1.807, 2.05) is 0 Å². The Morgan fingerprint density at radius 3 is 2.88 bits per heavy atom. The van der Waals surface area contributed by atoms with E-state index in [9.17, 15) is 0 Å². The molecule has 16 heavy (non-hydrogen) atoms. The molecule has 0 spiro atoms. The van der Waals surface area contributed by atoms with Gasteiger partial charge in [-0.2, -0.15) is 0 Å². The first kappa shape index (κ1) is 13.9. The molecule has 1 heterocycles. The highest BCUT2D eigenvalue weighted by atomic mass is 16.5. The van der Waals surface area contributed by atoms with Crippen molar-refractivity contribution in [3.05, 3.63) is 0 Å². The minimum absolute atomic E-state index is 0.442. The molecule has 3 nitrogen and oxygen atoms in total. The van der Waals surface area contributed by atoms with Gasteiger partial charge in [-0.1, -0.05) is 20.8 Å². The Labute approximate surface area is 101 Å². The number of nitrogens with zero attached hydrogens (tertiary/aromatic N) is 1. The summed E-state index contributed by atoms with van der Waals surface area (Å²) in [4.78, 5) is 2.54. The summed E-state index contributed by atoms with van der Waals surface area (Å²) in [5.41, 5.74) is 0. The molecular formula is C13H28N2O. The van der Waals surface area contributed by atoms with E-state index >= 15 is 0 Å². The maximum absolute atomic E-state index is 5.79. The fourth-order valence-corrected chi connectivity index (χ4v) is 2.20. The topological polar surface area (TPSA) is 24.5 Å². The number of hydrogen-bond donors (Lipinski definition) is 1. The van der Waals surface area contributed by atoms with Crippen molar-refractivity contribution < 1.29 is 4.74 Å². The van der Waals surface area contributed by atoms with Gasteiger partial charge in [0.2, 0.25) is 0 Å². The minimum Gasteiger partial charge on any atom is -0.376 e. The van der Waals surface area contributed by atoms with Crippen molar-refractivity contribution in [1.29, 1.82) is 0 Å². The highest BCUT2D eigenvalue weighted by Crippen LogP contribution is 2.10. The van der Waals surface area contributed by atoms with E-state index in [1.54, 1.807) is 0 Å². The van der Waals surface area contributed by atoms with Crippen LogP contribution in [0.2, 0.25) is 0 Å². The van der Waals surface area contributed by atoms with Crippen LogP contribution in [0.1, 0.15) is 33.6 Å². The normalized spacial score (nSPS) is 22.9. The average Bonchev–Trinajstić information content (AvgIpc) is 2.24. The predicted octanol–water partition coefficient (Wildman–Crippen LogP) is 1.73. The fourth-order valence-electron chi connectivity index (χ4n) is 2.20. The number of nitrogens with one attached hydrogen (secondary N) is 1. The predicted molar refractivity (Wildman–Crippen MR) is 68.8 cm³/mol. The summed E-state index contributed by atoms with van der Waals surface area (Å²) in [6, 6.07) is 0. The summed E-state index contributed by atoms with van der Waals surface area (Å²) in [7, 11) is 0. The lowest BCUT2D eigenvalue weighted by Crippen LogP contribution is -2.44. The van der Waals surface area contributed by atoms with Crippen LogP contribution in [-0.2, 0) is 4.74 Å². The van der Waals surface area contributed by atoms with Crippen LogP contribution in [0.5, 0.6) is 0 Å². The molecule has 0 saturated carbocycles. The van der Waals surface area contributed by atoms with Crippen LogP contribution in [0.15, 0.2) is 0 Å². The standard InChI is InChI=1S/C13H28N2O/c1-4-6-14-7-5-13-11-15(8-9-16-13)10-12(2)3/h12-14H,4-11H2,1-3H3. The second kappa shape index (κ2) is 8.04. The summed E-state index contributed by atoms with van der Waals surface area (Å²) in [6.45, 7) is 13.3. The largest absolute Gasteiger partial charge is 0.376 e. The van der Waals surface area contributed by atoms with Crippen LogP contribution in [0.4, 0.5) is 0 Å². The SMILES string of the molecule is CCCNCCC1CN(CC(C)C)CCO1. The molecule has 1 aliphatic heterocycles. The molecule has 0 aromatic carbocycles. The quantitative estimate of drug-likeness (QED) is 0.672. The third-order valence-electron chi connectivity index (χ3n) is 2.92. The van der Waals surface area contributed by atoms with Gasteiger partial charge < -0.3 is 10.1 Å². The molecule has 1 aliphatic rings. The first-order chi connectivity index (χ1) is 7.72. The van der Waals surface area contributed by atoms with Gasteiger partial charge in [-0.3, -0.25) is 4.90 Å². The van der Waals surface area contributed by atoms with E-state index < -0.39 is 0 Å². The van der Waals surface area contributed by atoms with Crippen LogP contribution in [0, 0.1) is 5.92 Å². The molecule has 1 saturated heterocycles. The van der Waals surface area contributed by atoms with Crippen LogP contribution >= 0.6 is 0 Å². The fraction of sp³-hybridized carbons (Fsp3) is 1.00. The van der Waals surface area contributed by atoms with Gasteiger partial charge in [0.05, 0.1) is 12.7 Å². The number of ether oxygens (including phenoxy) is 1. The Bertz CT molecular complexity index is 173. The monoisotopic (exact) mass is 228 g/mol. The molecule has 1 unspecified atom stereocenters. The smallest absolute Gasteiger partial charge is 0.0714 e. The second-order valence-corrected chi connectivity index (χ2v) is 5.18. The van der Waals surface area contributed by atoms with Gasteiger partial charge in [0.25, 0.3) is 0 Å². The Morgan fingerprint density at radius 2 is 2.19 bits per heavy atom. The first-order valence-electron chi connectivity index (χ1n) is 6.77. The lowest BCUT2D eigenvalue weighted by Gasteiger charge is -2.34. The van der Waals surface area contributed by atoms with Gasteiger partial charge in [0.15, 0.2) is 0 Å². The first-order valence-corrected chi connectivity index (χ1v) is 6.77. The van der Waals surface area contributed by atoms with Crippen molar-refractivity contribution in [2.45, 2.75) is 39.7 Å². The zero-order chi connectivity index (χ0) is 11.8. The Kier molecular flexibility index (Phi) is 7.01. The number of rotatable bonds is 7. The molecule has 0 amide bonds. The summed E-state index contributed by atoms with van der Waals surface area (Å²) >= 11 is 0. The molecule has 0 radical (unpaired) electrons. The van der Waals surface area contributed by atoms with E-state index in [4.69, 9.17) is 4.74 Å². The molecule has 3 heteroatoms. The van der Waals surface area contributed by atoms with E-state index in [0.29, 0.717) is 6.10 Å². The van der Waals surface area contributed by atoms with Gasteiger partial charge in [-0.25, -0.2) is 0 Å². The van der Waals surface area contributed by atoms with Crippen LogP contribution < -0.4 is 5.32 Å². The summed E-state index contributed by atoms with van der Waals surface area (Å²) in [5, 5.41) is 3.44. The van der Waals surface area contributed by atoms with Crippen molar-refractivity contribution >= 4 is 0 Å². The Balaban J connectivity index is 2.12. The van der Waals surface area contributed by atoms with E-state index in [1.165, 1.54) is 13.0 Å². The summed E-state index contributed by atoms with van der Waals surface area (Å²) in [6.07, 6.45) is 2.80. The lowest BCUT2D eigenvalue weighted by atomic mass is 10.1. The molecule has 1 atom stereocenters. The molecule has 0 aromatic rings. The van der Waals surface area contributed by atoms with Crippen molar-refractivity contribution in [3.63, 3.8) is 0 Å². The molecule has 96 valence electrons. The minimum atomic E-state index is 0.442. The lowest BCUT2D eigenvalue weighted by molar-refractivity contribution is -0.0346. The van der Waals surface area contributed by atoms with Gasteiger partial charge >= 0.3 is 0 Å². The molecule has 0 aliphatic carbocycles. The van der Waals surface area contributed by atoms with E-state index in [2.05, 4.69) is 31.0 Å². The van der Waals surface area contributed by atoms with Crippen LogP contribution in [0.25, 0.3) is 0 Å². The Morgan fingerprint density at radius 1 is 1.38 bits per heavy atom. The molecule has 0 bridgehead atoms. The second-order valence-electron chi connectivity index (χ2n) is 5.18.